The van der Waals surface area contributed by atoms with Crippen LogP contribution >= 0.6 is 0 Å². The molecule has 24 heavy (non-hydrogen) atoms. The minimum atomic E-state index is -0.224. The number of allylic oxidation sites excluding steroid dienone is 3. The molecule has 3 atom stereocenters. The van der Waals surface area contributed by atoms with Crippen molar-refractivity contribution in [2.24, 2.45) is 5.92 Å². The van der Waals surface area contributed by atoms with Gasteiger partial charge < -0.3 is 14.9 Å². The third kappa shape index (κ3) is 3.23. The molecule has 3 nitrogen and oxygen atoms in total. The van der Waals surface area contributed by atoms with Crippen LogP contribution in [0.3, 0.4) is 0 Å². The van der Waals surface area contributed by atoms with Crippen LogP contribution < -0.4 is 4.74 Å². The molecule has 0 unspecified atom stereocenters. The number of ether oxygens (including phenoxy) is 1. The highest BCUT2D eigenvalue weighted by atomic mass is 16.5. The highest BCUT2D eigenvalue weighted by molar-refractivity contribution is 5.47. The van der Waals surface area contributed by atoms with Crippen LogP contribution in [0.25, 0.3) is 0 Å². The molecule has 0 saturated carbocycles. The molecule has 2 aliphatic rings. The third-order valence-corrected chi connectivity index (χ3v) is 5.50. The lowest BCUT2D eigenvalue weighted by Crippen LogP contribution is -2.47. The molecule has 3 heteroatoms. The number of rotatable bonds is 4. The minimum Gasteiger partial charge on any atom is -0.508 e. The van der Waals surface area contributed by atoms with Gasteiger partial charge in [-0.3, -0.25) is 0 Å². The van der Waals surface area contributed by atoms with E-state index in [0.717, 1.165) is 42.6 Å². The molecule has 1 aliphatic carbocycles. The number of aliphatic hydroxyl groups excluding tert-OH is 1. The van der Waals surface area contributed by atoms with E-state index in [0.29, 0.717) is 5.92 Å². The number of fused-ring (bicyclic) bond motifs is 3. The van der Waals surface area contributed by atoms with Crippen LogP contribution in [0.15, 0.2) is 41.5 Å². The Balaban J connectivity index is 1.98. The largest absolute Gasteiger partial charge is 0.508 e. The third-order valence-electron chi connectivity index (χ3n) is 5.50. The maximum absolute atomic E-state index is 9.90. The van der Waals surface area contributed by atoms with Crippen LogP contribution in [0.5, 0.6) is 11.5 Å². The number of benzene rings is 1. The molecule has 0 spiro atoms. The lowest BCUT2D eigenvalue weighted by atomic mass is 9.66. The van der Waals surface area contributed by atoms with E-state index in [1.807, 2.05) is 12.1 Å². The Labute approximate surface area is 144 Å². The van der Waals surface area contributed by atoms with Gasteiger partial charge in [-0.1, -0.05) is 17.7 Å². The lowest BCUT2D eigenvalue weighted by molar-refractivity contribution is -0.0121. The van der Waals surface area contributed by atoms with Gasteiger partial charge in [0.15, 0.2) is 0 Å². The second kappa shape index (κ2) is 6.64. The second-order valence-electron chi connectivity index (χ2n) is 7.61. The molecule has 0 radical (unpaired) electrons. The molecular weight excluding hydrogens is 300 g/mol. The van der Waals surface area contributed by atoms with Gasteiger partial charge in [-0.2, -0.15) is 0 Å². The van der Waals surface area contributed by atoms with Crippen molar-refractivity contribution in [2.75, 3.05) is 6.61 Å². The highest BCUT2D eigenvalue weighted by Gasteiger charge is 2.46. The Hall–Kier alpha value is -1.74. The first kappa shape index (κ1) is 17.1. The van der Waals surface area contributed by atoms with Crippen molar-refractivity contribution in [1.29, 1.82) is 0 Å². The van der Waals surface area contributed by atoms with Gasteiger partial charge in [0.05, 0.1) is 6.61 Å². The summed E-state index contributed by atoms with van der Waals surface area (Å²) in [7, 11) is 0. The van der Waals surface area contributed by atoms with Crippen LogP contribution in [0.4, 0.5) is 0 Å². The zero-order chi connectivity index (χ0) is 17.3. The second-order valence-corrected chi connectivity index (χ2v) is 7.61. The van der Waals surface area contributed by atoms with Crippen molar-refractivity contribution in [3.05, 3.63) is 47.1 Å². The van der Waals surface area contributed by atoms with E-state index in [-0.39, 0.29) is 23.9 Å². The molecular formula is C21H28O3. The Morgan fingerprint density at radius 2 is 2.17 bits per heavy atom. The van der Waals surface area contributed by atoms with E-state index in [9.17, 15) is 10.2 Å². The Morgan fingerprint density at radius 3 is 2.88 bits per heavy atom. The average molecular weight is 328 g/mol. The van der Waals surface area contributed by atoms with Crippen LogP contribution in [0.2, 0.25) is 0 Å². The molecule has 0 saturated heterocycles. The number of aromatic hydroxyl groups is 1. The fraction of sp³-hybridized carbons (Fsp3) is 0.524. The Bertz CT molecular complexity index is 670. The first-order chi connectivity index (χ1) is 11.4. The number of hydrogen-bond acceptors (Lipinski definition) is 3. The quantitative estimate of drug-likeness (QED) is 0.788. The van der Waals surface area contributed by atoms with Crippen LogP contribution in [-0.2, 0) is 0 Å². The molecule has 1 aliphatic heterocycles. The van der Waals surface area contributed by atoms with E-state index < -0.39 is 0 Å². The summed E-state index contributed by atoms with van der Waals surface area (Å²) < 4.78 is 6.46. The molecule has 0 aromatic heterocycles. The summed E-state index contributed by atoms with van der Waals surface area (Å²) in [6.45, 7) is 6.59. The minimum absolute atomic E-state index is 0.118. The molecule has 1 aromatic rings. The van der Waals surface area contributed by atoms with Crippen molar-refractivity contribution < 1.29 is 14.9 Å². The molecule has 2 N–H and O–H groups in total. The summed E-state index contributed by atoms with van der Waals surface area (Å²) in [4.78, 5) is 0. The zero-order valence-electron chi connectivity index (χ0n) is 14.9. The molecule has 1 heterocycles. The number of hydrogen-bond donors (Lipinski definition) is 2. The van der Waals surface area contributed by atoms with Crippen LogP contribution in [0.1, 0.15) is 57.9 Å². The Morgan fingerprint density at radius 1 is 1.38 bits per heavy atom. The summed E-state index contributed by atoms with van der Waals surface area (Å²) in [6.07, 6.45) is 8.39. The first-order valence-electron chi connectivity index (χ1n) is 8.88. The van der Waals surface area contributed by atoms with Crippen LogP contribution in [0, 0.1) is 5.92 Å². The van der Waals surface area contributed by atoms with Crippen LogP contribution in [-0.4, -0.2) is 22.4 Å². The standard InChI is InChI=1S/C21H28O3/c1-14(2)5-4-10-21(3)19-8-6-15(13-22)11-17(19)18-12-16(23)7-9-20(18)24-21/h5,7,9,11-12,17,19,22-23H,4,6,8,10,13H2,1-3H3/t17-,19+,21-/m1/s1. The van der Waals surface area contributed by atoms with E-state index in [1.165, 1.54) is 5.57 Å². The number of phenolic OH excluding ortho intramolecular Hbond substituents is 1. The van der Waals surface area contributed by atoms with Gasteiger partial charge in [-0.15, -0.1) is 0 Å². The predicted molar refractivity (Wildman–Crippen MR) is 96.4 cm³/mol. The molecule has 0 bridgehead atoms. The van der Waals surface area contributed by atoms with Gasteiger partial charge >= 0.3 is 0 Å². The molecule has 0 amide bonds. The molecule has 1 aromatic carbocycles. The van der Waals surface area contributed by atoms with Gasteiger partial charge in [0.25, 0.3) is 0 Å². The van der Waals surface area contributed by atoms with Gasteiger partial charge in [-0.25, -0.2) is 0 Å². The summed E-state index contributed by atoms with van der Waals surface area (Å²) in [6, 6.07) is 5.38. The van der Waals surface area contributed by atoms with Crippen molar-refractivity contribution in [3.8, 4) is 11.5 Å². The summed E-state index contributed by atoms with van der Waals surface area (Å²) in [5.74, 6) is 1.71. The van der Waals surface area contributed by atoms with Crippen molar-refractivity contribution in [2.45, 2.75) is 58.0 Å². The molecule has 0 fully saturated rings. The van der Waals surface area contributed by atoms with Gasteiger partial charge in [-0.05, 0) is 70.2 Å². The predicted octanol–water partition coefficient (Wildman–Crippen LogP) is 4.70. The van der Waals surface area contributed by atoms with Gasteiger partial charge in [0.1, 0.15) is 17.1 Å². The monoisotopic (exact) mass is 328 g/mol. The maximum Gasteiger partial charge on any atom is 0.124 e. The van der Waals surface area contributed by atoms with Crippen molar-refractivity contribution in [1.82, 2.24) is 0 Å². The number of aliphatic hydroxyl groups is 1. The van der Waals surface area contributed by atoms with E-state index in [2.05, 4.69) is 32.9 Å². The summed E-state index contributed by atoms with van der Waals surface area (Å²) in [5.41, 5.74) is 3.25. The number of phenols is 1. The average Bonchev–Trinajstić information content (AvgIpc) is 2.55. The fourth-order valence-electron chi connectivity index (χ4n) is 4.20. The first-order valence-corrected chi connectivity index (χ1v) is 8.88. The lowest BCUT2D eigenvalue weighted by Gasteiger charge is -2.48. The maximum atomic E-state index is 9.90. The molecule has 130 valence electrons. The van der Waals surface area contributed by atoms with Gasteiger partial charge in [0.2, 0.25) is 0 Å². The normalized spacial score (nSPS) is 28.2. The topological polar surface area (TPSA) is 49.7 Å². The van der Waals surface area contributed by atoms with E-state index in [4.69, 9.17) is 4.74 Å². The van der Waals surface area contributed by atoms with Crippen molar-refractivity contribution >= 4 is 0 Å². The van der Waals surface area contributed by atoms with Gasteiger partial charge in [0, 0.05) is 17.4 Å². The van der Waals surface area contributed by atoms with E-state index >= 15 is 0 Å². The summed E-state index contributed by atoms with van der Waals surface area (Å²) in [5, 5.41) is 19.5. The summed E-state index contributed by atoms with van der Waals surface area (Å²) >= 11 is 0. The van der Waals surface area contributed by atoms with Crippen molar-refractivity contribution in [3.63, 3.8) is 0 Å². The fourth-order valence-corrected chi connectivity index (χ4v) is 4.20. The smallest absolute Gasteiger partial charge is 0.124 e. The Kier molecular flexibility index (Phi) is 4.73. The highest BCUT2D eigenvalue weighted by Crippen LogP contribution is 2.52. The zero-order valence-corrected chi connectivity index (χ0v) is 14.9. The molecule has 3 rings (SSSR count). The SMILES string of the molecule is CC(C)=CCC[C@@]1(C)Oc2ccc(O)cc2[C@H]2C=C(CO)CC[C@@H]21. The van der Waals surface area contributed by atoms with E-state index in [1.54, 1.807) is 6.07 Å².